The second kappa shape index (κ2) is 8.66. The number of aliphatic imine (C=N–C) groups is 1. The Morgan fingerprint density at radius 1 is 1.32 bits per heavy atom. The molecule has 0 atom stereocenters. The van der Waals surface area contributed by atoms with Crippen LogP contribution < -0.4 is 5.32 Å². The molecule has 0 spiro atoms. The molecule has 3 rings (SSSR count). The van der Waals surface area contributed by atoms with E-state index in [1.54, 1.807) is 6.26 Å². The molecule has 2 aromatic heterocycles. The van der Waals surface area contributed by atoms with E-state index in [9.17, 15) is 0 Å². The van der Waals surface area contributed by atoms with Crippen LogP contribution in [-0.2, 0) is 20.0 Å². The quantitative estimate of drug-likeness (QED) is 0.473. The molecule has 1 aliphatic rings. The van der Waals surface area contributed by atoms with Crippen LogP contribution in [0.3, 0.4) is 0 Å². The van der Waals surface area contributed by atoms with Crippen LogP contribution in [0.1, 0.15) is 17.7 Å². The van der Waals surface area contributed by atoms with Gasteiger partial charge in [-0.3, -0.25) is 14.6 Å². The number of nitrogens with one attached hydrogen (secondary N) is 1. The lowest BCUT2D eigenvalue weighted by Gasteiger charge is -2.36. The van der Waals surface area contributed by atoms with Gasteiger partial charge in [-0.15, -0.1) is 0 Å². The molecule has 136 valence electrons. The average molecular weight is 345 g/mol. The van der Waals surface area contributed by atoms with Crippen molar-refractivity contribution in [2.24, 2.45) is 12.0 Å². The Hall–Kier alpha value is -2.35. The summed E-state index contributed by atoms with van der Waals surface area (Å²) in [6.07, 6.45) is 7.73. The minimum absolute atomic E-state index is 0.849. The van der Waals surface area contributed by atoms with Crippen LogP contribution in [0.2, 0.25) is 0 Å². The highest BCUT2D eigenvalue weighted by Crippen LogP contribution is 2.07. The molecule has 1 aliphatic heterocycles. The van der Waals surface area contributed by atoms with Crippen molar-refractivity contribution in [1.29, 1.82) is 0 Å². The first-order chi connectivity index (χ1) is 12.2. The molecule has 0 aliphatic carbocycles. The lowest BCUT2D eigenvalue weighted by molar-refractivity contribution is 0.169. The Balaban J connectivity index is 1.37. The van der Waals surface area contributed by atoms with Gasteiger partial charge in [0.15, 0.2) is 5.96 Å². The topological polar surface area (TPSA) is 74.7 Å². The van der Waals surface area contributed by atoms with E-state index < -0.39 is 0 Å². The van der Waals surface area contributed by atoms with Gasteiger partial charge in [0.05, 0.1) is 11.9 Å². The highest BCUT2D eigenvalue weighted by Gasteiger charge is 2.20. The zero-order chi connectivity index (χ0) is 17.5. The fourth-order valence-electron chi connectivity index (χ4n) is 3.09. The van der Waals surface area contributed by atoms with Gasteiger partial charge in [-0.05, 0) is 18.4 Å². The number of hydrogen-bond donors (Lipinski definition) is 1. The molecule has 2 aromatic rings. The van der Waals surface area contributed by atoms with E-state index in [1.165, 1.54) is 5.56 Å². The van der Waals surface area contributed by atoms with Gasteiger partial charge in [0.25, 0.3) is 0 Å². The van der Waals surface area contributed by atoms with Crippen LogP contribution >= 0.6 is 0 Å². The Morgan fingerprint density at radius 3 is 2.80 bits per heavy atom. The molecule has 8 nitrogen and oxygen atoms in total. The normalized spacial score (nSPS) is 16.4. The molecular weight excluding hydrogens is 318 g/mol. The minimum Gasteiger partial charge on any atom is -0.364 e. The van der Waals surface area contributed by atoms with Crippen LogP contribution in [0.5, 0.6) is 0 Å². The largest absolute Gasteiger partial charge is 0.364 e. The predicted octanol–water partition coefficient (Wildman–Crippen LogP) is 0.734. The molecular formula is C17H27N7O. The number of hydrogen-bond acceptors (Lipinski definition) is 5. The van der Waals surface area contributed by atoms with E-state index in [4.69, 9.17) is 4.52 Å². The number of rotatable bonds is 6. The first-order valence-corrected chi connectivity index (χ1v) is 8.79. The van der Waals surface area contributed by atoms with Crippen molar-refractivity contribution >= 4 is 5.96 Å². The van der Waals surface area contributed by atoms with Crippen molar-refractivity contribution in [2.45, 2.75) is 19.4 Å². The number of aryl methyl sites for hydroxylation is 2. The highest BCUT2D eigenvalue weighted by atomic mass is 16.5. The zero-order valence-electron chi connectivity index (χ0n) is 15.1. The maximum Gasteiger partial charge on any atom is 0.193 e. The first-order valence-electron chi connectivity index (χ1n) is 8.79. The molecule has 0 aromatic carbocycles. The summed E-state index contributed by atoms with van der Waals surface area (Å²) in [4.78, 5) is 9.15. The van der Waals surface area contributed by atoms with Gasteiger partial charge >= 0.3 is 0 Å². The molecule has 0 radical (unpaired) electrons. The number of piperazine rings is 1. The fraction of sp³-hybridized carbons (Fsp3) is 0.588. The zero-order valence-corrected chi connectivity index (χ0v) is 15.1. The summed E-state index contributed by atoms with van der Waals surface area (Å²) in [7, 11) is 3.80. The first kappa shape index (κ1) is 17.5. The fourth-order valence-corrected chi connectivity index (χ4v) is 3.09. The Kier molecular flexibility index (Phi) is 6.05. The molecule has 8 heteroatoms. The second-order valence-corrected chi connectivity index (χ2v) is 6.35. The third-order valence-electron chi connectivity index (χ3n) is 4.44. The Morgan fingerprint density at radius 2 is 2.16 bits per heavy atom. The molecule has 1 fully saturated rings. The predicted molar refractivity (Wildman–Crippen MR) is 96.2 cm³/mol. The van der Waals surface area contributed by atoms with Gasteiger partial charge in [0.2, 0.25) is 0 Å². The van der Waals surface area contributed by atoms with Crippen molar-refractivity contribution in [3.8, 4) is 0 Å². The molecule has 1 N–H and O–H groups in total. The maximum atomic E-state index is 4.90. The summed E-state index contributed by atoms with van der Waals surface area (Å²) in [5.41, 5.74) is 2.27. The molecule has 25 heavy (non-hydrogen) atoms. The molecule has 1 saturated heterocycles. The van der Waals surface area contributed by atoms with Crippen LogP contribution in [0, 0.1) is 0 Å². The summed E-state index contributed by atoms with van der Waals surface area (Å²) in [5, 5.41) is 11.7. The molecule has 0 amide bonds. The third-order valence-corrected chi connectivity index (χ3v) is 4.44. The van der Waals surface area contributed by atoms with E-state index in [0.29, 0.717) is 0 Å². The van der Waals surface area contributed by atoms with Crippen LogP contribution in [-0.4, -0.2) is 70.5 Å². The van der Waals surface area contributed by atoms with Crippen molar-refractivity contribution in [3.63, 3.8) is 0 Å². The van der Waals surface area contributed by atoms with E-state index in [0.717, 1.165) is 63.8 Å². The van der Waals surface area contributed by atoms with Gasteiger partial charge < -0.3 is 14.7 Å². The lowest BCUT2D eigenvalue weighted by atomic mass is 10.2. The molecule has 0 bridgehead atoms. The standard InChI is InChI=1S/C17H27N7O/c1-18-17(19-6-3-4-15-12-20-22(2)13-15)24-9-7-23(8-10-24)14-16-5-11-25-21-16/h5,11-13H,3-4,6-10,14H2,1-2H3,(H,18,19). The monoisotopic (exact) mass is 345 g/mol. The Bertz CT molecular complexity index is 656. The number of guanidine groups is 1. The third kappa shape index (κ3) is 5.06. The van der Waals surface area contributed by atoms with Gasteiger partial charge in [-0.2, -0.15) is 5.10 Å². The van der Waals surface area contributed by atoms with E-state index >= 15 is 0 Å². The molecule has 0 saturated carbocycles. The molecule has 3 heterocycles. The van der Waals surface area contributed by atoms with Crippen LogP contribution in [0.25, 0.3) is 0 Å². The SMILES string of the molecule is CN=C(NCCCc1cnn(C)c1)N1CCN(Cc2ccon2)CC1. The summed E-state index contributed by atoms with van der Waals surface area (Å²) >= 11 is 0. The van der Waals surface area contributed by atoms with E-state index in [-0.39, 0.29) is 0 Å². The highest BCUT2D eigenvalue weighted by molar-refractivity contribution is 5.79. The smallest absolute Gasteiger partial charge is 0.193 e. The molecule has 0 unspecified atom stereocenters. The maximum absolute atomic E-state index is 4.90. The number of aromatic nitrogens is 3. The van der Waals surface area contributed by atoms with Gasteiger partial charge in [-0.1, -0.05) is 5.16 Å². The van der Waals surface area contributed by atoms with Crippen molar-refractivity contribution < 1.29 is 4.52 Å². The minimum atomic E-state index is 0.849. The van der Waals surface area contributed by atoms with Crippen LogP contribution in [0.4, 0.5) is 0 Å². The van der Waals surface area contributed by atoms with Crippen LogP contribution in [0.15, 0.2) is 34.2 Å². The summed E-state index contributed by atoms with van der Waals surface area (Å²) in [5.74, 6) is 0.993. The van der Waals surface area contributed by atoms with Gasteiger partial charge in [0.1, 0.15) is 6.26 Å². The van der Waals surface area contributed by atoms with E-state index in [2.05, 4.69) is 36.6 Å². The number of nitrogens with zero attached hydrogens (tertiary/aromatic N) is 6. The summed E-state index contributed by atoms with van der Waals surface area (Å²) in [6.45, 7) is 5.72. The van der Waals surface area contributed by atoms with Gasteiger partial charge in [-0.25, -0.2) is 0 Å². The lowest BCUT2D eigenvalue weighted by Crippen LogP contribution is -2.52. The summed E-state index contributed by atoms with van der Waals surface area (Å²) in [6, 6.07) is 1.93. The van der Waals surface area contributed by atoms with Crippen molar-refractivity contribution in [3.05, 3.63) is 36.0 Å². The van der Waals surface area contributed by atoms with Crippen molar-refractivity contribution in [1.82, 2.24) is 30.1 Å². The Labute approximate surface area is 148 Å². The summed E-state index contributed by atoms with van der Waals surface area (Å²) < 4.78 is 6.75. The second-order valence-electron chi connectivity index (χ2n) is 6.35. The van der Waals surface area contributed by atoms with E-state index in [1.807, 2.05) is 31.0 Å². The van der Waals surface area contributed by atoms with Crippen molar-refractivity contribution in [2.75, 3.05) is 39.8 Å². The van der Waals surface area contributed by atoms with Gasteiger partial charge in [0, 0.05) is 65.6 Å². The average Bonchev–Trinajstić information content (AvgIpc) is 3.28.